The average Bonchev–Trinajstić information content (AvgIpc) is 2.45. The molecule has 1 aromatic carbocycles. The number of ether oxygens (including phenoxy) is 2. The number of nitrogens with zero attached hydrogens (tertiary/aromatic N) is 1. The SMILES string of the molecule is CCOC(=O)CCN(C)C(=O)c1ccccc1COC. The quantitative estimate of drug-likeness (QED) is 0.715. The zero-order chi connectivity index (χ0) is 15.0. The van der Waals surface area contributed by atoms with E-state index in [9.17, 15) is 9.59 Å². The molecule has 0 aromatic heterocycles. The number of rotatable bonds is 7. The van der Waals surface area contributed by atoms with Crippen molar-refractivity contribution in [2.24, 2.45) is 0 Å². The lowest BCUT2D eigenvalue weighted by molar-refractivity contribution is -0.143. The molecule has 20 heavy (non-hydrogen) atoms. The normalized spacial score (nSPS) is 10.2. The van der Waals surface area contributed by atoms with Gasteiger partial charge >= 0.3 is 5.97 Å². The van der Waals surface area contributed by atoms with Crippen molar-refractivity contribution in [3.8, 4) is 0 Å². The Labute approximate surface area is 119 Å². The fourth-order valence-electron chi connectivity index (χ4n) is 1.81. The fraction of sp³-hybridized carbons (Fsp3) is 0.467. The van der Waals surface area contributed by atoms with Crippen molar-refractivity contribution in [1.82, 2.24) is 4.90 Å². The van der Waals surface area contributed by atoms with Crippen LogP contribution in [0.25, 0.3) is 0 Å². The van der Waals surface area contributed by atoms with Crippen molar-refractivity contribution >= 4 is 11.9 Å². The van der Waals surface area contributed by atoms with Gasteiger partial charge in [0.2, 0.25) is 0 Å². The highest BCUT2D eigenvalue weighted by Crippen LogP contribution is 2.12. The first-order valence-electron chi connectivity index (χ1n) is 6.58. The van der Waals surface area contributed by atoms with E-state index in [1.807, 2.05) is 18.2 Å². The molecule has 0 heterocycles. The van der Waals surface area contributed by atoms with Crippen molar-refractivity contribution in [2.75, 3.05) is 27.3 Å². The standard InChI is InChI=1S/C15H21NO4/c1-4-20-14(17)9-10-16(2)15(18)13-8-6-5-7-12(13)11-19-3/h5-8H,4,9-11H2,1-3H3. The van der Waals surface area contributed by atoms with E-state index in [0.717, 1.165) is 5.56 Å². The van der Waals surface area contributed by atoms with Crippen LogP contribution in [0.5, 0.6) is 0 Å². The molecule has 1 amide bonds. The van der Waals surface area contributed by atoms with E-state index in [1.165, 1.54) is 4.90 Å². The number of hydrogen-bond donors (Lipinski definition) is 0. The van der Waals surface area contributed by atoms with E-state index < -0.39 is 0 Å². The summed E-state index contributed by atoms with van der Waals surface area (Å²) < 4.78 is 9.93. The molecule has 1 rings (SSSR count). The topological polar surface area (TPSA) is 55.8 Å². The second-order valence-corrected chi connectivity index (χ2v) is 4.37. The van der Waals surface area contributed by atoms with Gasteiger partial charge in [0.05, 0.1) is 19.6 Å². The molecule has 0 aliphatic rings. The van der Waals surface area contributed by atoms with Gasteiger partial charge in [-0.15, -0.1) is 0 Å². The largest absolute Gasteiger partial charge is 0.466 e. The maximum absolute atomic E-state index is 12.3. The molecule has 0 N–H and O–H groups in total. The number of esters is 1. The van der Waals surface area contributed by atoms with Gasteiger partial charge in [0.1, 0.15) is 0 Å². The molecule has 0 spiro atoms. The van der Waals surface area contributed by atoms with E-state index >= 15 is 0 Å². The minimum absolute atomic E-state index is 0.123. The summed E-state index contributed by atoms with van der Waals surface area (Å²) in [5, 5.41) is 0. The van der Waals surface area contributed by atoms with Crippen LogP contribution in [0, 0.1) is 0 Å². The van der Waals surface area contributed by atoms with Gasteiger partial charge in [0, 0.05) is 26.3 Å². The summed E-state index contributed by atoms with van der Waals surface area (Å²) in [6.07, 6.45) is 0.197. The summed E-state index contributed by atoms with van der Waals surface area (Å²) in [5.41, 5.74) is 1.43. The fourth-order valence-corrected chi connectivity index (χ4v) is 1.81. The Balaban J connectivity index is 2.67. The Kier molecular flexibility index (Phi) is 6.73. The van der Waals surface area contributed by atoms with Gasteiger partial charge in [-0.2, -0.15) is 0 Å². The molecule has 5 nitrogen and oxygen atoms in total. The summed E-state index contributed by atoms with van der Waals surface area (Å²) >= 11 is 0. The van der Waals surface area contributed by atoms with Crippen molar-refractivity contribution in [1.29, 1.82) is 0 Å². The molecule has 5 heteroatoms. The van der Waals surface area contributed by atoms with Gasteiger partial charge in [-0.1, -0.05) is 18.2 Å². The first-order valence-corrected chi connectivity index (χ1v) is 6.58. The van der Waals surface area contributed by atoms with Crippen LogP contribution in [-0.2, 0) is 20.9 Å². The Morgan fingerprint density at radius 1 is 1.25 bits per heavy atom. The average molecular weight is 279 g/mol. The van der Waals surface area contributed by atoms with Gasteiger partial charge in [-0.3, -0.25) is 9.59 Å². The third-order valence-corrected chi connectivity index (χ3v) is 2.85. The molecule has 110 valence electrons. The highest BCUT2D eigenvalue weighted by molar-refractivity contribution is 5.95. The minimum Gasteiger partial charge on any atom is -0.466 e. The first kappa shape index (κ1) is 16.2. The summed E-state index contributed by atoms with van der Waals surface area (Å²) in [7, 11) is 3.26. The second-order valence-electron chi connectivity index (χ2n) is 4.37. The number of amides is 1. The lowest BCUT2D eigenvalue weighted by atomic mass is 10.1. The first-order chi connectivity index (χ1) is 9.60. The van der Waals surface area contributed by atoms with E-state index in [0.29, 0.717) is 25.3 Å². The molecule has 0 atom stereocenters. The maximum atomic E-state index is 12.3. The summed E-state index contributed by atoms with van der Waals surface area (Å²) in [6, 6.07) is 7.29. The van der Waals surface area contributed by atoms with Crippen LogP contribution in [0.3, 0.4) is 0 Å². The van der Waals surface area contributed by atoms with Crippen LogP contribution >= 0.6 is 0 Å². The van der Waals surface area contributed by atoms with Crippen LogP contribution in [-0.4, -0.2) is 44.1 Å². The third-order valence-electron chi connectivity index (χ3n) is 2.85. The van der Waals surface area contributed by atoms with Gasteiger partial charge in [-0.05, 0) is 18.6 Å². The highest BCUT2D eigenvalue weighted by Gasteiger charge is 2.16. The number of carbonyl (C=O) groups excluding carboxylic acids is 2. The third kappa shape index (κ3) is 4.66. The Hall–Kier alpha value is -1.88. The summed E-state index contributed by atoms with van der Waals surface area (Å²) in [5.74, 6) is -0.417. The highest BCUT2D eigenvalue weighted by atomic mass is 16.5. The molecule has 0 radical (unpaired) electrons. The molecular weight excluding hydrogens is 258 g/mol. The lowest BCUT2D eigenvalue weighted by Gasteiger charge is -2.18. The zero-order valence-corrected chi connectivity index (χ0v) is 12.2. The number of hydrogen-bond acceptors (Lipinski definition) is 4. The zero-order valence-electron chi connectivity index (χ0n) is 12.2. The van der Waals surface area contributed by atoms with Crippen molar-refractivity contribution < 1.29 is 19.1 Å². The molecule has 1 aromatic rings. The molecule has 0 aliphatic carbocycles. The van der Waals surface area contributed by atoms with Gasteiger partial charge in [-0.25, -0.2) is 0 Å². The maximum Gasteiger partial charge on any atom is 0.307 e. The molecule has 0 aliphatic heterocycles. The Bertz CT molecular complexity index is 459. The van der Waals surface area contributed by atoms with Crippen LogP contribution in [0.2, 0.25) is 0 Å². The predicted molar refractivity (Wildman–Crippen MR) is 75.4 cm³/mol. The predicted octanol–water partition coefficient (Wildman–Crippen LogP) is 1.86. The number of benzene rings is 1. The lowest BCUT2D eigenvalue weighted by Crippen LogP contribution is -2.30. The van der Waals surface area contributed by atoms with E-state index in [4.69, 9.17) is 9.47 Å². The van der Waals surface area contributed by atoms with Crippen LogP contribution in [0.4, 0.5) is 0 Å². The molecule has 0 bridgehead atoms. The van der Waals surface area contributed by atoms with Gasteiger partial charge in [0.15, 0.2) is 0 Å². The summed E-state index contributed by atoms with van der Waals surface area (Å²) in [6.45, 7) is 2.83. The monoisotopic (exact) mass is 279 g/mol. The molecular formula is C15H21NO4. The smallest absolute Gasteiger partial charge is 0.307 e. The molecule has 0 fully saturated rings. The van der Waals surface area contributed by atoms with Crippen molar-refractivity contribution in [3.63, 3.8) is 0 Å². The van der Waals surface area contributed by atoms with E-state index in [2.05, 4.69) is 0 Å². The number of carbonyl (C=O) groups is 2. The van der Waals surface area contributed by atoms with Crippen molar-refractivity contribution in [3.05, 3.63) is 35.4 Å². The minimum atomic E-state index is -0.294. The van der Waals surface area contributed by atoms with E-state index in [1.54, 1.807) is 27.1 Å². The number of methoxy groups -OCH3 is 1. The second kappa shape index (κ2) is 8.32. The Morgan fingerprint density at radius 2 is 1.95 bits per heavy atom. The molecule has 0 saturated carbocycles. The van der Waals surface area contributed by atoms with Crippen molar-refractivity contribution in [2.45, 2.75) is 20.0 Å². The van der Waals surface area contributed by atoms with E-state index in [-0.39, 0.29) is 18.3 Å². The van der Waals surface area contributed by atoms with Crippen LogP contribution < -0.4 is 0 Å². The Morgan fingerprint density at radius 3 is 2.60 bits per heavy atom. The van der Waals surface area contributed by atoms with Crippen LogP contribution in [0.15, 0.2) is 24.3 Å². The summed E-state index contributed by atoms with van der Waals surface area (Å²) in [4.78, 5) is 25.1. The van der Waals surface area contributed by atoms with Crippen LogP contribution in [0.1, 0.15) is 29.3 Å². The molecule has 0 unspecified atom stereocenters. The molecule has 0 saturated heterocycles. The van der Waals surface area contributed by atoms with Gasteiger partial charge in [0.25, 0.3) is 5.91 Å². The van der Waals surface area contributed by atoms with Gasteiger partial charge < -0.3 is 14.4 Å².